The van der Waals surface area contributed by atoms with Crippen LogP contribution in [0.25, 0.3) is 0 Å². The maximum Gasteiger partial charge on any atom is 0.244 e. The van der Waals surface area contributed by atoms with Gasteiger partial charge in [0.1, 0.15) is 5.82 Å². The molecule has 22 heavy (non-hydrogen) atoms. The second-order valence-electron chi connectivity index (χ2n) is 6.62. The molecule has 0 aromatic heterocycles. The number of halogens is 2. The Morgan fingerprint density at radius 1 is 1.27 bits per heavy atom. The largest absolute Gasteiger partial charge is 0.310 e. The number of benzene rings is 1. The van der Waals surface area contributed by atoms with E-state index in [1.54, 1.807) is 11.0 Å². The minimum atomic E-state index is -0.262. The third-order valence-corrected chi connectivity index (χ3v) is 5.37. The highest BCUT2D eigenvalue weighted by Gasteiger charge is 2.40. The Kier molecular flexibility index (Phi) is 4.42. The van der Waals surface area contributed by atoms with Gasteiger partial charge in [0.2, 0.25) is 5.91 Å². The minimum absolute atomic E-state index is 0. The number of nitrogens with zero attached hydrogens (tertiary/aromatic N) is 1. The Bertz CT molecular complexity index is 566. The van der Waals surface area contributed by atoms with Crippen molar-refractivity contribution in [2.24, 2.45) is 5.92 Å². The van der Waals surface area contributed by atoms with Crippen molar-refractivity contribution < 1.29 is 9.18 Å². The molecule has 1 aliphatic carbocycles. The first-order valence-corrected chi connectivity index (χ1v) is 8.08. The summed E-state index contributed by atoms with van der Waals surface area (Å²) in [6, 6.07) is 5.23. The van der Waals surface area contributed by atoms with E-state index in [4.69, 9.17) is 0 Å². The third kappa shape index (κ3) is 2.63. The average Bonchev–Trinajstić information content (AvgIpc) is 3.09. The molecule has 0 radical (unpaired) electrons. The Morgan fingerprint density at radius 3 is 2.91 bits per heavy atom. The lowest BCUT2D eigenvalue weighted by Gasteiger charge is -2.24. The SMILES string of the molecule is Cl.O=C(C1CC2CCCCC2N1)N1CCc2ccc(F)cc21. The summed E-state index contributed by atoms with van der Waals surface area (Å²) in [5, 5.41) is 3.53. The van der Waals surface area contributed by atoms with E-state index in [0.717, 1.165) is 24.1 Å². The van der Waals surface area contributed by atoms with Crippen LogP contribution in [0.15, 0.2) is 18.2 Å². The third-order valence-electron chi connectivity index (χ3n) is 5.37. The highest BCUT2D eigenvalue weighted by atomic mass is 35.5. The molecule has 120 valence electrons. The summed E-state index contributed by atoms with van der Waals surface area (Å²) in [7, 11) is 0. The minimum Gasteiger partial charge on any atom is -0.310 e. The standard InChI is InChI=1S/C17H21FN2O.ClH/c18-13-6-5-11-7-8-20(16(11)10-13)17(21)15-9-12-3-1-2-4-14(12)19-15;/h5-6,10,12,14-15,19H,1-4,7-9H2;1H. The number of amides is 1. The molecule has 1 saturated carbocycles. The van der Waals surface area contributed by atoms with Crippen LogP contribution in [0.2, 0.25) is 0 Å². The monoisotopic (exact) mass is 324 g/mol. The number of hydrogen-bond donors (Lipinski definition) is 1. The van der Waals surface area contributed by atoms with Crippen molar-refractivity contribution in [3.05, 3.63) is 29.6 Å². The molecule has 5 heteroatoms. The number of carbonyl (C=O) groups is 1. The topological polar surface area (TPSA) is 32.3 Å². The van der Waals surface area contributed by atoms with Crippen molar-refractivity contribution in [3.8, 4) is 0 Å². The van der Waals surface area contributed by atoms with E-state index >= 15 is 0 Å². The molecule has 3 unspecified atom stereocenters. The lowest BCUT2D eigenvalue weighted by Crippen LogP contribution is -2.45. The summed E-state index contributed by atoms with van der Waals surface area (Å²) in [5.74, 6) is 0.525. The number of carbonyl (C=O) groups excluding carboxylic acids is 1. The van der Waals surface area contributed by atoms with Crippen LogP contribution in [0.4, 0.5) is 10.1 Å². The van der Waals surface area contributed by atoms with Crippen LogP contribution in [0, 0.1) is 11.7 Å². The zero-order valence-corrected chi connectivity index (χ0v) is 13.4. The van der Waals surface area contributed by atoms with Crippen molar-refractivity contribution in [2.75, 3.05) is 11.4 Å². The molecule has 1 saturated heterocycles. The Hall–Kier alpha value is -1.13. The van der Waals surface area contributed by atoms with E-state index in [0.29, 0.717) is 18.5 Å². The lowest BCUT2D eigenvalue weighted by atomic mass is 9.85. The maximum absolute atomic E-state index is 13.5. The highest BCUT2D eigenvalue weighted by Crippen LogP contribution is 2.35. The van der Waals surface area contributed by atoms with Gasteiger partial charge < -0.3 is 10.2 Å². The van der Waals surface area contributed by atoms with Gasteiger partial charge in [-0.3, -0.25) is 4.79 Å². The van der Waals surface area contributed by atoms with Gasteiger partial charge in [-0.25, -0.2) is 4.39 Å². The Balaban J connectivity index is 0.00000144. The molecule has 1 aromatic carbocycles. The van der Waals surface area contributed by atoms with Crippen LogP contribution in [-0.4, -0.2) is 24.5 Å². The van der Waals surface area contributed by atoms with Gasteiger partial charge in [-0.05, 0) is 49.3 Å². The van der Waals surface area contributed by atoms with Gasteiger partial charge in [-0.2, -0.15) is 0 Å². The molecule has 2 aliphatic heterocycles. The van der Waals surface area contributed by atoms with Crippen molar-refractivity contribution in [2.45, 2.75) is 50.6 Å². The quantitative estimate of drug-likeness (QED) is 0.861. The van der Waals surface area contributed by atoms with E-state index in [1.165, 1.54) is 37.8 Å². The van der Waals surface area contributed by atoms with Gasteiger partial charge >= 0.3 is 0 Å². The number of rotatable bonds is 1. The Labute approximate surface area is 136 Å². The molecule has 4 rings (SSSR count). The van der Waals surface area contributed by atoms with Crippen LogP contribution in [0.3, 0.4) is 0 Å². The molecule has 3 nitrogen and oxygen atoms in total. The van der Waals surface area contributed by atoms with E-state index < -0.39 is 0 Å². The summed E-state index contributed by atoms with van der Waals surface area (Å²) in [4.78, 5) is 14.6. The van der Waals surface area contributed by atoms with Crippen molar-refractivity contribution in [3.63, 3.8) is 0 Å². The van der Waals surface area contributed by atoms with E-state index in [2.05, 4.69) is 5.32 Å². The molecule has 0 bridgehead atoms. The van der Waals surface area contributed by atoms with Gasteiger partial charge in [-0.1, -0.05) is 18.9 Å². The molecule has 2 fully saturated rings. The van der Waals surface area contributed by atoms with Gasteiger partial charge in [0, 0.05) is 18.3 Å². The molecular formula is C17H22ClFN2O. The first-order chi connectivity index (χ1) is 10.2. The van der Waals surface area contributed by atoms with Crippen molar-refractivity contribution in [1.82, 2.24) is 5.32 Å². The first-order valence-electron chi connectivity index (χ1n) is 8.08. The molecule has 2 heterocycles. The van der Waals surface area contributed by atoms with Gasteiger partial charge in [0.05, 0.1) is 6.04 Å². The van der Waals surface area contributed by atoms with Gasteiger partial charge in [0.15, 0.2) is 0 Å². The predicted molar refractivity (Wildman–Crippen MR) is 87.0 cm³/mol. The van der Waals surface area contributed by atoms with E-state index in [1.807, 2.05) is 0 Å². The van der Waals surface area contributed by atoms with Gasteiger partial charge in [0.25, 0.3) is 0 Å². The molecular weight excluding hydrogens is 303 g/mol. The second-order valence-corrected chi connectivity index (χ2v) is 6.62. The summed E-state index contributed by atoms with van der Waals surface area (Å²) >= 11 is 0. The average molecular weight is 325 g/mol. The van der Waals surface area contributed by atoms with Crippen molar-refractivity contribution in [1.29, 1.82) is 0 Å². The molecule has 0 spiro atoms. The lowest BCUT2D eigenvalue weighted by molar-refractivity contribution is -0.120. The summed E-state index contributed by atoms with van der Waals surface area (Å²) in [6.07, 6.45) is 6.78. The fourth-order valence-corrected chi connectivity index (χ4v) is 4.28. The highest BCUT2D eigenvalue weighted by molar-refractivity contribution is 5.99. The second kappa shape index (κ2) is 6.17. The molecule has 3 atom stereocenters. The van der Waals surface area contributed by atoms with Crippen LogP contribution in [0.1, 0.15) is 37.7 Å². The smallest absolute Gasteiger partial charge is 0.244 e. The number of nitrogens with one attached hydrogen (secondary N) is 1. The number of fused-ring (bicyclic) bond motifs is 2. The normalized spacial score (nSPS) is 29.7. The van der Waals surface area contributed by atoms with E-state index in [-0.39, 0.29) is 30.2 Å². The number of hydrogen-bond acceptors (Lipinski definition) is 2. The maximum atomic E-state index is 13.5. The van der Waals surface area contributed by atoms with Crippen LogP contribution < -0.4 is 10.2 Å². The van der Waals surface area contributed by atoms with Crippen LogP contribution in [0.5, 0.6) is 0 Å². The summed E-state index contributed by atoms with van der Waals surface area (Å²) in [5.41, 5.74) is 1.86. The zero-order valence-electron chi connectivity index (χ0n) is 12.6. The fourth-order valence-electron chi connectivity index (χ4n) is 4.28. The van der Waals surface area contributed by atoms with Crippen LogP contribution in [-0.2, 0) is 11.2 Å². The Morgan fingerprint density at radius 2 is 2.09 bits per heavy atom. The zero-order chi connectivity index (χ0) is 14.4. The van der Waals surface area contributed by atoms with Gasteiger partial charge in [-0.15, -0.1) is 12.4 Å². The molecule has 1 aromatic rings. The van der Waals surface area contributed by atoms with Crippen LogP contribution >= 0.6 is 12.4 Å². The summed E-state index contributed by atoms with van der Waals surface area (Å²) < 4.78 is 13.5. The predicted octanol–water partition coefficient (Wildman–Crippen LogP) is 3.06. The van der Waals surface area contributed by atoms with Crippen molar-refractivity contribution >= 4 is 24.0 Å². The fraction of sp³-hybridized carbons (Fsp3) is 0.588. The van der Waals surface area contributed by atoms with E-state index in [9.17, 15) is 9.18 Å². The first kappa shape index (κ1) is 15.8. The molecule has 1 N–H and O–H groups in total. The summed E-state index contributed by atoms with van der Waals surface area (Å²) in [6.45, 7) is 0.686. The molecule has 3 aliphatic rings. The number of anilines is 1. The molecule has 1 amide bonds.